The van der Waals surface area contributed by atoms with Crippen LogP contribution in [0.1, 0.15) is 22.7 Å². The summed E-state index contributed by atoms with van der Waals surface area (Å²) in [5, 5.41) is 2.88. The molecule has 0 radical (unpaired) electrons. The van der Waals surface area contributed by atoms with Crippen LogP contribution in [-0.2, 0) is 0 Å². The Morgan fingerprint density at radius 1 is 1.16 bits per heavy atom. The lowest BCUT2D eigenvalue weighted by Gasteiger charge is -2.28. The fourth-order valence-corrected chi connectivity index (χ4v) is 2.93. The van der Waals surface area contributed by atoms with Gasteiger partial charge in [0, 0.05) is 10.0 Å². The van der Waals surface area contributed by atoms with E-state index in [0.29, 0.717) is 5.75 Å². The molecule has 0 aliphatic carbocycles. The first-order valence-corrected chi connectivity index (χ1v) is 6.78. The van der Waals surface area contributed by atoms with Crippen LogP contribution in [0.3, 0.4) is 0 Å². The van der Waals surface area contributed by atoms with Crippen molar-refractivity contribution in [2.75, 3.05) is 0 Å². The number of halogens is 1. The van der Waals surface area contributed by atoms with E-state index >= 15 is 0 Å². The predicted octanol–water partition coefficient (Wildman–Crippen LogP) is 3.95. The summed E-state index contributed by atoms with van der Waals surface area (Å²) in [6.45, 7) is 2.04. The molecule has 1 aliphatic rings. The van der Waals surface area contributed by atoms with Crippen LogP contribution in [0.25, 0.3) is 0 Å². The number of carbonyl (C=O) groups is 1. The molecule has 0 saturated carbocycles. The standard InChI is InChI=1S/C15H12BrNO2/c1-9-5-2-3-6-10(9)14-13-11(16)7-4-8-12(13)19-15(18)17-14/h2-8,14H,1H3,(H,17,18). The molecule has 96 valence electrons. The van der Waals surface area contributed by atoms with Gasteiger partial charge in [-0.1, -0.05) is 46.3 Å². The molecule has 1 aliphatic heterocycles. The number of benzene rings is 2. The van der Waals surface area contributed by atoms with E-state index in [-0.39, 0.29) is 6.04 Å². The van der Waals surface area contributed by atoms with E-state index in [2.05, 4.69) is 21.2 Å². The number of amides is 1. The molecule has 0 aromatic heterocycles. The number of hydrogen-bond donors (Lipinski definition) is 1. The third kappa shape index (κ3) is 2.12. The van der Waals surface area contributed by atoms with Crippen molar-refractivity contribution < 1.29 is 9.53 Å². The highest BCUT2D eigenvalue weighted by Gasteiger charge is 2.29. The van der Waals surface area contributed by atoms with Crippen molar-refractivity contribution in [3.05, 3.63) is 63.6 Å². The molecule has 1 N–H and O–H groups in total. The average Bonchev–Trinajstić information content (AvgIpc) is 2.38. The zero-order valence-corrected chi connectivity index (χ0v) is 11.9. The van der Waals surface area contributed by atoms with E-state index in [1.807, 2.05) is 49.4 Å². The van der Waals surface area contributed by atoms with Gasteiger partial charge in [-0.3, -0.25) is 0 Å². The molecule has 2 aromatic rings. The molecule has 19 heavy (non-hydrogen) atoms. The van der Waals surface area contributed by atoms with Crippen molar-refractivity contribution in [3.8, 4) is 5.75 Å². The molecule has 0 fully saturated rings. The van der Waals surface area contributed by atoms with Gasteiger partial charge in [-0.05, 0) is 30.2 Å². The fraction of sp³-hybridized carbons (Fsp3) is 0.133. The maximum absolute atomic E-state index is 11.7. The predicted molar refractivity (Wildman–Crippen MR) is 76.3 cm³/mol. The van der Waals surface area contributed by atoms with Gasteiger partial charge in [0.05, 0.1) is 6.04 Å². The van der Waals surface area contributed by atoms with Crippen LogP contribution in [0.2, 0.25) is 0 Å². The van der Waals surface area contributed by atoms with Gasteiger partial charge in [0.25, 0.3) is 0 Å². The first-order chi connectivity index (χ1) is 9.16. The maximum atomic E-state index is 11.7. The minimum atomic E-state index is -0.418. The number of aryl methyl sites for hydroxylation is 1. The van der Waals surface area contributed by atoms with Crippen molar-refractivity contribution in [1.29, 1.82) is 0 Å². The molecular formula is C15H12BrNO2. The van der Waals surface area contributed by atoms with Crippen LogP contribution in [0.15, 0.2) is 46.9 Å². The van der Waals surface area contributed by atoms with Gasteiger partial charge in [0.1, 0.15) is 5.75 Å². The second-order valence-corrected chi connectivity index (χ2v) is 5.33. The highest BCUT2D eigenvalue weighted by Crippen LogP contribution is 2.39. The summed E-state index contributed by atoms with van der Waals surface area (Å²) in [6, 6.07) is 13.4. The summed E-state index contributed by atoms with van der Waals surface area (Å²) in [7, 11) is 0. The van der Waals surface area contributed by atoms with Crippen LogP contribution in [-0.4, -0.2) is 6.09 Å². The van der Waals surface area contributed by atoms with E-state index in [4.69, 9.17) is 4.74 Å². The van der Waals surface area contributed by atoms with E-state index < -0.39 is 6.09 Å². The van der Waals surface area contributed by atoms with Gasteiger partial charge in [-0.25, -0.2) is 4.79 Å². The summed E-state index contributed by atoms with van der Waals surface area (Å²) in [5.41, 5.74) is 3.17. The Balaban J connectivity index is 2.19. The maximum Gasteiger partial charge on any atom is 0.413 e. The average molecular weight is 318 g/mol. The van der Waals surface area contributed by atoms with E-state index in [9.17, 15) is 4.79 Å². The molecule has 1 heterocycles. The van der Waals surface area contributed by atoms with Crippen LogP contribution in [0.4, 0.5) is 4.79 Å². The zero-order valence-electron chi connectivity index (χ0n) is 10.3. The van der Waals surface area contributed by atoms with E-state index in [0.717, 1.165) is 21.2 Å². The number of rotatable bonds is 1. The number of ether oxygens (including phenoxy) is 1. The minimum Gasteiger partial charge on any atom is -0.410 e. The molecule has 3 rings (SSSR count). The van der Waals surface area contributed by atoms with Crippen molar-refractivity contribution in [2.45, 2.75) is 13.0 Å². The van der Waals surface area contributed by atoms with Crippen LogP contribution in [0, 0.1) is 6.92 Å². The normalized spacial score (nSPS) is 17.4. The quantitative estimate of drug-likeness (QED) is 0.864. The molecule has 2 aromatic carbocycles. The summed E-state index contributed by atoms with van der Waals surface area (Å²) in [4.78, 5) is 11.7. The summed E-state index contributed by atoms with van der Waals surface area (Å²) < 4.78 is 6.15. The van der Waals surface area contributed by atoms with Gasteiger partial charge in [-0.15, -0.1) is 0 Å². The van der Waals surface area contributed by atoms with Gasteiger partial charge in [0.15, 0.2) is 0 Å². The van der Waals surface area contributed by atoms with Crippen molar-refractivity contribution in [1.82, 2.24) is 5.32 Å². The monoisotopic (exact) mass is 317 g/mol. The molecule has 4 heteroatoms. The summed E-state index contributed by atoms with van der Waals surface area (Å²) in [6.07, 6.45) is -0.418. The third-order valence-electron chi connectivity index (χ3n) is 3.27. The van der Waals surface area contributed by atoms with Crippen LogP contribution < -0.4 is 10.1 Å². The second-order valence-electron chi connectivity index (χ2n) is 4.48. The Bertz CT molecular complexity index is 654. The molecule has 1 amide bonds. The molecule has 1 unspecified atom stereocenters. The number of nitrogens with one attached hydrogen (secondary N) is 1. The lowest BCUT2D eigenvalue weighted by molar-refractivity contribution is 0.191. The minimum absolute atomic E-state index is 0.187. The van der Waals surface area contributed by atoms with E-state index in [1.165, 1.54) is 0 Å². The van der Waals surface area contributed by atoms with Crippen LogP contribution >= 0.6 is 15.9 Å². The Morgan fingerprint density at radius 2 is 1.95 bits per heavy atom. The van der Waals surface area contributed by atoms with Gasteiger partial charge in [-0.2, -0.15) is 0 Å². The molecular weight excluding hydrogens is 306 g/mol. The number of fused-ring (bicyclic) bond motifs is 1. The topological polar surface area (TPSA) is 38.3 Å². The van der Waals surface area contributed by atoms with Gasteiger partial charge in [0.2, 0.25) is 0 Å². The highest BCUT2D eigenvalue weighted by atomic mass is 79.9. The summed E-state index contributed by atoms with van der Waals surface area (Å²) in [5.74, 6) is 0.603. The molecule has 0 bridgehead atoms. The third-order valence-corrected chi connectivity index (χ3v) is 3.96. The van der Waals surface area contributed by atoms with E-state index in [1.54, 1.807) is 0 Å². The second kappa shape index (κ2) is 4.70. The SMILES string of the molecule is Cc1ccccc1C1NC(=O)Oc2cccc(Br)c21. The Hall–Kier alpha value is -1.81. The first-order valence-electron chi connectivity index (χ1n) is 5.99. The molecule has 0 saturated heterocycles. The van der Waals surface area contributed by atoms with Crippen molar-refractivity contribution >= 4 is 22.0 Å². The van der Waals surface area contributed by atoms with Crippen molar-refractivity contribution in [3.63, 3.8) is 0 Å². The lowest BCUT2D eigenvalue weighted by Crippen LogP contribution is -2.37. The summed E-state index contributed by atoms with van der Waals surface area (Å²) >= 11 is 3.53. The van der Waals surface area contributed by atoms with Crippen LogP contribution in [0.5, 0.6) is 5.75 Å². The van der Waals surface area contributed by atoms with Crippen molar-refractivity contribution in [2.24, 2.45) is 0 Å². The first kappa shape index (κ1) is 12.2. The zero-order chi connectivity index (χ0) is 13.4. The smallest absolute Gasteiger partial charge is 0.410 e. The fourth-order valence-electron chi connectivity index (χ4n) is 2.35. The highest BCUT2D eigenvalue weighted by molar-refractivity contribution is 9.10. The molecule has 0 spiro atoms. The Labute approximate surface area is 119 Å². The Morgan fingerprint density at radius 3 is 2.74 bits per heavy atom. The lowest BCUT2D eigenvalue weighted by atomic mass is 9.94. The largest absolute Gasteiger partial charge is 0.413 e. The Kier molecular flexibility index (Phi) is 3.03. The number of carbonyl (C=O) groups excluding carboxylic acids is 1. The number of hydrogen-bond acceptors (Lipinski definition) is 2. The molecule has 1 atom stereocenters. The van der Waals surface area contributed by atoms with Gasteiger partial charge >= 0.3 is 6.09 Å². The molecule has 3 nitrogen and oxygen atoms in total. The van der Waals surface area contributed by atoms with Gasteiger partial charge < -0.3 is 10.1 Å².